The Morgan fingerprint density at radius 3 is 2.62 bits per heavy atom. The largest absolute Gasteiger partial charge is 0.380 e. The molecule has 1 aromatic carbocycles. The molecule has 90 valence electrons. The van der Waals surface area contributed by atoms with E-state index >= 15 is 0 Å². The lowest BCUT2D eigenvalue weighted by atomic mass is 10.1. The van der Waals surface area contributed by atoms with Crippen molar-refractivity contribution in [3.05, 3.63) is 35.9 Å². The topological polar surface area (TPSA) is 21.3 Å². The summed E-state index contributed by atoms with van der Waals surface area (Å²) in [7, 11) is 0. The Balaban J connectivity index is 1.89. The van der Waals surface area contributed by atoms with Crippen molar-refractivity contribution >= 4 is 0 Å². The summed E-state index contributed by atoms with van der Waals surface area (Å²) < 4.78 is 5.46. The van der Waals surface area contributed by atoms with Gasteiger partial charge in [0, 0.05) is 13.2 Å². The Morgan fingerprint density at radius 1 is 1.06 bits per heavy atom. The van der Waals surface area contributed by atoms with Crippen LogP contribution in [0.5, 0.6) is 0 Å². The van der Waals surface area contributed by atoms with Crippen LogP contribution in [-0.2, 0) is 11.2 Å². The van der Waals surface area contributed by atoms with Gasteiger partial charge in [-0.05, 0) is 24.9 Å². The van der Waals surface area contributed by atoms with Crippen molar-refractivity contribution in [2.75, 3.05) is 26.3 Å². The summed E-state index contributed by atoms with van der Waals surface area (Å²) in [6.07, 6.45) is 3.47. The van der Waals surface area contributed by atoms with Gasteiger partial charge in [-0.15, -0.1) is 0 Å². The smallest absolute Gasteiger partial charge is 0.0590 e. The summed E-state index contributed by atoms with van der Waals surface area (Å²) in [5.74, 6) is 0. The van der Waals surface area contributed by atoms with E-state index in [9.17, 15) is 0 Å². The highest BCUT2D eigenvalue weighted by molar-refractivity contribution is 5.14. The van der Waals surface area contributed by atoms with Gasteiger partial charge in [-0.1, -0.05) is 43.7 Å². The first-order chi connectivity index (χ1) is 7.93. The Morgan fingerprint density at radius 2 is 1.88 bits per heavy atom. The molecule has 0 unspecified atom stereocenters. The molecule has 2 heteroatoms. The van der Waals surface area contributed by atoms with Crippen LogP contribution in [0.15, 0.2) is 30.3 Å². The van der Waals surface area contributed by atoms with Crippen LogP contribution in [0.3, 0.4) is 0 Å². The van der Waals surface area contributed by atoms with Gasteiger partial charge in [0.15, 0.2) is 0 Å². The second-order valence-electron chi connectivity index (χ2n) is 3.95. The van der Waals surface area contributed by atoms with Crippen LogP contribution in [0.25, 0.3) is 0 Å². The van der Waals surface area contributed by atoms with E-state index in [1.165, 1.54) is 18.4 Å². The number of hydrogen-bond donors (Lipinski definition) is 1. The normalized spacial score (nSPS) is 10.6. The monoisotopic (exact) mass is 221 g/mol. The zero-order chi connectivity index (χ0) is 11.5. The molecule has 0 aromatic heterocycles. The number of nitrogens with one attached hydrogen (secondary N) is 1. The predicted octanol–water partition coefficient (Wildman–Crippen LogP) is 2.64. The van der Waals surface area contributed by atoms with E-state index in [1.807, 2.05) is 0 Å². The van der Waals surface area contributed by atoms with Gasteiger partial charge in [0.05, 0.1) is 6.61 Å². The summed E-state index contributed by atoms with van der Waals surface area (Å²) >= 11 is 0. The fraction of sp³-hybridized carbons (Fsp3) is 0.571. The van der Waals surface area contributed by atoms with E-state index < -0.39 is 0 Å². The maximum Gasteiger partial charge on any atom is 0.0590 e. The number of rotatable bonds is 9. The molecule has 16 heavy (non-hydrogen) atoms. The van der Waals surface area contributed by atoms with Gasteiger partial charge in [0.1, 0.15) is 0 Å². The molecule has 0 atom stereocenters. The fourth-order valence-corrected chi connectivity index (χ4v) is 1.50. The first-order valence-corrected chi connectivity index (χ1v) is 6.26. The van der Waals surface area contributed by atoms with Crippen molar-refractivity contribution in [3.8, 4) is 0 Å². The molecule has 0 spiro atoms. The summed E-state index contributed by atoms with van der Waals surface area (Å²) in [5, 5.41) is 3.39. The van der Waals surface area contributed by atoms with Crippen LogP contribution in [0.1, 0.15) is 25.3 Å². The second-order valence-corrected chi connectivity index (χ2v) is 3.95. The molecule has 0 amide bonds. The number of ether oxygens (including phenoxy) is 1. The van der Waals surface area contributed by atoms with Crippen molar-refractivity contribution in [2.24, 2.45) is 0 Å². The van der Waals surface area contributed by atoms with Crippen molar-refractivity contribution in [1.29, 1.82) is 0 Å². The van der Waals surface area contributed by atoms with E-state index in [0.717, 1.165) is 32.7 Å². The van der Waals surface area contributed by atoms with Gasteiger partial charge in [-0.25, -0.2) is 0 Å². The second kappa shape index (κ2) is 9.37. The Bertz CT molecular complexity index is 248. The van der Waals surface area contributed by atoms with Gasteiger partial charge in [0.2, 0.25) is 0 Å². The standard InChI is InChI=1S/C14H23NO/c1-2-3-12-16-13-11-15-10-9-14-7-5-4-6-8-14/h4-8,15H,2-3,9-13H2,1H3. The van der Waals surface area contributed by atoms with E-state index in [4.69, 9.17) is 4.74 Å². The number of unbranched alkanes of at least 4 members (excludes halogenated alkanes) is 1. The quantitative estimate of drug-likeness (QED) is 0.647. The minimum atomic E-state index is 0.828. The third kappa shape index (κ3) is 6.59. The molecule has 0 saturated carbocycles. The third-order valence-corrected chi connectivity index (χ3v) is 2.50. The van der Waals surface area contributed by atoms with Crippen molar-refractivity contribution in [2.45, 2.75) is 26.2 Å². The number of hydrogen-bond acceptors (Lipinski definition) is 2. The molecule has 1 rings (SSSR count). The zero-order valence-electron chi connectivity index (χ0n) is 10.2. The molecule has 0 fully saturated rings. The molecule has 1 N–H and O–H groups in total. The fourth-order valence-electron chi connectivity index (χ4n) is 1.50. The van der Waals surface area contributed by atoms with Gasteiger partial charge < -0.3 is 10.1 Å². The van der Waals surface area contributed by atoms with Gasteiger partial charge >= 0.3 is 0 Å². The number of benzene rings is 1. The lowest BCUT2D eigenvalue weighted by Gasteiger charge is -2.05. The van der Waals surface area contributed by atoms with Crippen molar-refractivity contribution in [1.82, 2.24) is 5.32 Å². The highest BCUT2D eigenvalue weighted by atomic mass is 16.5. The Hall–Kier alpha value is -0.860. The molecule has 0 saturated heterocycles. The van der Waals surface area contributed by atoms with E-state index in [2.05, 4.69) is 42.6 Å². The van der Waals surface area contributed by atoms with Crippen LogP contribution < -0.4 is 5.32 Å². The van der Waals surface area contributed by atoms with Crippen LogP contribution in [0.2, 0.25) is 0 Å². The van der Waals surface area contributed by atoms with Crippen LogP contribution in [0, 0.1) is 0 Å². The zero-order valence-corrected chi connectivity index (χ0v) is 10.2. The molecule has 0 bridgehead atoms. The van der Waals surface area contributed by atoms with Crippen molar-refractivity contribution < 1.29 is 4.74 Å². The average molecular weight is 221 g/mol. The molecule has 0 aliphatic heterocycles. The van der Waals surface area contributed by atoms with E-state index in [-0.39, 0.29) is 0 Å². The van der Waals surface area contributed by atoms with Gasteiger partial charge in [-0.3, -0.25) is 0 Å². The first-order valence-electron chi connectivity index (χ1n) is 6.26. The third-order valence-electron chi connectivity index (χ3n) is 2.50. The maximum absolute atomic E-state index is 5.46. The highest BCUT2D eigenvalue weighted by Crippen LogP contribution is 1.97. The average Bonchev–Trinajstić information content (AvgIpc) is 2.34. The SMILES string of the molecule is CCCCOCCNCCc1ccccc1. The lowest BCUT2D eigenvalue weighted by molar-refractivity contribution is 0.133. The molecule has 0 radical (unpaired) electrons. The van der Waals surface area contributed by atoms with Gasteiger partial charge in [-0.2, -0.15) is 0 Å². The lowest BCUT2D eigenvalue weighted by Crippen LogP contribution is -2.22. The van der Waals surface area contributed by atoms with Crippen LogP contribution >= 0.6 is 0 Å². The van der Waals surface area contributed by atoms with Crippen LogP contribution in [0.4, 0.5) is 0 Å². The predicted molar refractivity (Wildman–Crippen MR) is 68.7 cm³/mol. The van der Waals surface area contributed by atoms with E-state index in [1.54, 1.807) is 0 Å². The maximum atomic E-state index is 5.46. The minimum absolute atomic E-state index is 0.828. The molecular weight excluding hydrogens is 198 g/mol. The first kappa shape index (κ1) is 13.2. The molecule has 0 heterocycles. The Kier molecular flexibility index (Phi) is 7.74. The van der Waals surface area contributed by atoms with Gasteiger partial charge in [0.25, 0.3) is 0 Å². The van der Waals surface area contributed by atoms with E-state index in [0.29, 0.717) is 0 Å². The molecular formula is C14H23NO. The summed E-state index contributed by atoms with van der Waals surface area (Å²) in [6, 6.07) is 10.6. The molecule has 0 aliphatic rings. The minimum Gasteiger partial charge on any atom is -0.380 e. The molecule has 0 aliphatic carbocycles. The molecule has 1 aromatic rings. The summed E-state index contributed by atoms with van der Waals surface area (Å²) in [5.41, 5.74) is 1.39. The summed E-state index contributed by atoms with van der Waals surface area (Å²) in [6.45, 7) is 5.89. The Labute approximate surface area is 99.0 Å². The van der Waals surface area contributed by atoms with Crippen LogP contribution in [-0.4, -0.2) is 26.3 Å². The summed E-state index contributed by atoms with van der Waals surface area (Å²) in [4.78, 5) is 0. The highest BCUT2D eigenvalue weighted by Gasteiger charge is 1.91. The van der Waals surface area contributed by atoms with Crippen molar-refractivity contribution in [3.63, 3.8) is 0 Å². The molecule has 2 nitrogen and oxygen atoms in total.